The van der Waals surface area contributed by atoms with Crippen molar-refractivity contribution in [3.8, 4) is 0 Å². The van der Waals surface area contributed by atoms with Crippen LogP contribution in [0.5, 0.6) is 0 Å². The van der Waals surface area contributed by atoms with Crippen molar-refractivity contribution in [1.82, 2.24) is 4.31 Å². The van der Waals surface area contributed by atoms with Gasteiger partial charge in [-0.15, -0.1) is 0 Å². The average Bonchev–Trinajstić information content (AvgIpc) is 2.25. The van der Waals surface area contributed by atoms with Crippen molar-refractivity contribution in [2.45, 2.75) is 72.6 Å². The normalized spacial score (nSPS) is 17.1. The van der Waals surface area contributed by atoms with Crippen LogP contribution in [0.15, 0.2) is 0 Å². The second-order valence-corrected chi connectivity index (χ2v) is 12.8. The Morgan fingerprint density at radius 2 is 1.42 bits per heavy atom. The summed E-state index contributed by atoms with van der Waals surface area (Å²) in [5.41, 5.74) is -0.747. The van der Waals surface area contributed by atoms with Gasteiger partial charge in [-0.2, -0.15) is 4.31 Å². The van der Waals surface area contributed by atoms with Gasteiger partial charge in [-0.05, 0) is 39.5 Å². The van der Waals surface area contributed by atoms with Gasteiger partial charge in [0, 0.05) is 17.8 Å². The van der Waals surface area contributed by atoms with Crippen molar-refractivity contribution < 1.29 is 21.6 Å². The molecule has 0 saturated carbocycles. The Morgan fingerprint density at radius 3 is 1.71 bits per heavy atom. The maximum atomic E-state index is 12.3. The fraction of sp³-hybridized carbons (Fsp3) is 1.00. The number of sulfonamides is 1. The lowest BCUT2D eigenvalue weighted by Gasteiger charge is -2.40. The lowest BCUT2D eigenvalue weighted by atomic mass is 9.90. The minimum atomic E-state index is -3.51. The van der Waals surface area contributed by atoms with Gasteiger partial charge in [-0.3, -0.25) is 0 Å². The van der Waals surface area contributed by atoms with E-state index in [9.17, 15) is 16.8 Å². The van der Waals surface area contributed by atoms with Crippen molar-refractivity contribution in [2.75, 3.05) is 24.9 Å². The third kappa shape index (κ3) is 8.78. The highest BCUT2D eigenvalue weighted by molar-refractivity contribution is 7.90. The summed E-state index contributed by atoms with van der Waals surface area (Å²) in [6.45, 7) is 13.6. The summed E-state index contributed by atoms with van der Waals surface area (Å²) in [5, 5.41) is 0. The molecule has 24 heavy (non-hydrogen) atoms. The Morgan fingerprint density at radius 1 is 0.958 bits per heavy atom. The van der Waals surface area contributed by atoms with Crippen molar-refractivity contribution in [1.29, 1.82) is 0 Å². The van der Waals surface area contributed by atoms with Gasteiger partial charge in [0.25, 0.3) is 0 Å². The molecule has 0 aliphatic heterocycles. The van der Waals surface area contributed by atoms with E-state index >= 15 is 0 Å². The van der Waals surface area contributed by atoms with Crippen LogP contribution in [-0.2, 0) is 24.6 Å². The van der Waals surface area contributed by atoms with E-state index in [0.29, 0.717) is 0 Å². The van der Waals surface area contributed by atoms with Crippen LogP contribution in [-0.4, -0.2) is 63.7 Å². The molecule has 0 radical (unpaired) electrons. The molecule has 0 aromatic carbocycles. The van der Waals surface area contributed by atoms with E-state index in [4.69, 9.17) is 4.74 Å². The van der Waals surface area contributed by atoms with E-state index in [1.54, 1.807) is 20.8 Å². The second-order valence-electron chi connectivity index (χ2n) is 8.64. The molecule has 0 bridgehead atoms. The zero-order valence-corrected chi connectivity index (χ0v) is 18.2. The van der Waals surface area contributed by atoms with Crippen LogP contribution in [0.1, 0.15) is 54.9 Å². The zero-order chi connectivity index (χ0) is 19.6. The van der Waals surface area contributed by atoms with E-state index in [-0.39, 0.29) is 30.3 Å². The van der Waals surface area contributed by atoms with Gasteiger partial charge in [0.2, 0.25) is 10.0 Å². The van der Waals surface area contributed by atoms with Crippen LogP contribution in [0.4, 0.5) is 0 Å². The molecule has 0 aromatic rings. The van der Waals surface area contributed by atoms with E-state index in [2.05, 4.69) is 0 Å². The monoisotopic (exact) mass is 385 g/mol. The highest BCUT2D eigenvalue weighted by atomic mass is 32.2. The Labute approximate surface area is 148 Å². The molecule has 6 nitrogen and oxygen atoms in total. The highest BCUT2D eigenvalue weighted by Crippen LogP contribution is 2.26. The summed E-state index contributed by atoms with van der Waals surface area (Å²) in [6, 6.07) is -0.528. The number of ether oxygens (including phenoxy) is 1. The lowest BCUT2D eigenvalue weighted by molar-refractivity contribution is -0.0312. The Hall–Kier alpha value is -0.180. The maximum Gasteiger partial charge on any atom is 0.212 e. The van der Waals surface area contributed by atoms with Crippen LogP contribution >= 0.6 is 0 Å². The molecule has 0 aliphatic rings. The Kier molecular flexibility index (Phi) is 7.95. The van der Waals surface area contributed by atoms with Gasteiger partial charge in [-0.1, -0.05) is 20.8 Å². The first-order chi connectivity index (χ1) is 10.4. The molecule has 0 aliphatic carbocycles. The molecule has 2 unspecified atom stereocenters. The molecule has 0 saturated heterocycles. The van der Waals surface area contributed by atoms with E-state index in [1.807, 2.05) is 27.7 Å². The maximum absolute atomic E-state index is 12.3. The summed E-state index contributed by atoms with van der Waals surface area (Å²) >= 11 is 0. The Bertz CT molecular complexity index is 597. The third-order valence-electron chi connectivity index (χ3n) is 3.93. The minimum absolute atomic E-state index is 0.0764. The van der Waals surface area contributed by atoms with Crippen molar-refractivity contribution >= 4 is 19.9 Å². The predicted octanol–water partition coefficient (Wildman–Crippen LogP) is 2.30. The Balaban J connectivity index is 5.52. The second kappa shape index (κ2) is 8.01. The van der Waals surface area contributed by atoms with Gasteiger partial charge in [0.15, 0.2) is 0 Å². The number of sulfone groups is 1. The summed E-state index contributed by atoms with van der Waals surface area (Å²) in [4.78, 5) is 0. The molecule has 146 valence electrons. The van der Waals surface area contributed by atoms with Gasteiger partial charge in [0.1, 0.15) is 9.84 Å². The van der Waals surface area contributed by atoms with Crippen LogP contribution in [0.2, 0.25) is 0 Å². The van der Waals surface area contributed by atoms with Crippen molar-refractivity contribution in [3.05, 3.63) is 0 Å². The quantitative estimate of drug-likeness (QED) is 0.640. The summed E-state index contributed by atoms with van der Waals surface area (Å²) < 4.78 is 55.0. The summed E-state index contributed by atoms with van der Waals surface area (Å²) in [7, 11) is -6.70. The smallest absolute Gasteiger partial charge is 0.212 e. The van der Waals surface area contributed by atoms with Gasteiger partial charge < -0.3 is 4.74 Å². The van der Waals surface area contributed by atoms with Crippen molar-refractivity contribution in [3.63, 3.8) is 0 Å². The van der Waals surface area contributed by atoms with Gasteiger partial charge in [0.05, 0.1) is 24.7 Å². The fourth-order valence-electron chi connectivity index (χ4n) is 2.44. The first kappa shape index (κ1) is 23.8. The number of rotatable bonds is 8. The topological polar surface area (TPSA) is 80.8 Å². The molecular weight excluding hydrogens is 350 g/mol. The van der Waals surface area contributed by atoms with E-state index in [1.165, 1.54) is 4.31 Å². The predicted molar refractivity (Wildman–Crippen MR) is 99.4 cm³/mol. The first-order valence-corrected chi connectivity index (χ1v) is 12.1. The van der Waals surface area contributed by atoms with Crippen LogP contribution in [0.3, 0.4) is 0 Å². The molecule has 0 amide bonds. The number of hydrogen-bond acceptors (Lipinski definition) is 5. The fourth-order valence-corrected chi connectivity index (χ4v) is 4.84. The van der Waals surface area contributed by atoms with E-state index in [0.717, 1.165) is 12.5 Å². The van der Waals surface area contributed by atoms with Crippen LogP contribution in [0.25, 0.3) is 0 Å². The minimum Gasteiger partial charge on any atom is -0.376 e. The van der Waals surface area contributed by atoms with E-state index < -0.39 is 31.4 Å². The van der Waals surface area contributed by atoms with Gasteiger partial charge >= 0.3 is 0 Å². The molecule has 8 heteroatoms. The van der Waals surface area contributed by atoms with Gasteiger partial charge in [-0.25, -0.2) is 16.8 Å². The lowest BCUT2D eigenvalue weighted by Crippen LogP contribution is -2.53. The summed E-state index contributed by atoms with van der Waals surface area (Å²) in [5.74, 6) is -0.0764. The number of hydrogen-bond donors (Lipinski definition) is 0. The largest absolute Gasteiger partial charge is 0.376 e. The average molecular weight is 386 g/mol. The van der Waals surface area contributed by atoms with Crippen molar-refractivity contribution in [2.24, 2.45) is 5.41 Å². The molecule has 0 rings (SSSR count). The molecule has 0 heterocycles. The van der Waals surface area contributed by atoms with Crippen LogP contribution in [0, 0.1) is 5.41 Å². The molecule has 0 fully saturated rings. The molecule has 2 atom stereocenters. The number of nitrogens with zero attached hydrogens (tertiary/aromatic N) is 1. The molecular formula is C16H35NO5S2. The molecule has 0 spiro atoms. The summed E-state index contributed by atoms with van der Waals surface area (Å²) in [6.07, 6.45) is 2.43. The standard InChI is InChI=1S/C16H35NO5S2/c1-13(15(2,3)4)22-12-14(10-11-23(8,18)19)17(16(5,6)7)24(9,20)21/h13-14H,10-12H2,1-9H3. The first-order valence-electron chi connectivity index (χ1n) is 8.14. The third-order valence-corrected chi connectivity index (χ3v) is 6.47. The zero-order valence-electron chi connectivity index (χ0n) is 16.6. The molecule has 0 N–H and O–H groups in total. The SMILES string of the molecule is CC(OCC(CCS(C)(=O)=O)N(C(C)(C)C)S(C)(=O)=O)C(C)(C)C. The molecule has 0 aromatic heterocycles. The van der Waals surface area contributed by atoms with Crippen LogP contribution < -0.4 is 0 Å². The highest BCUT2D eigenvalue weighted by Gasteiger charge is 2.37.